The first-order valence-electron chi connectivity index (χ1n) is 13.1. The molecular formula is C30H50CaO. The molecule has 0 atom stereocenters. The van der Waals surface area contributed by atoms with Crippen molar-refractivity contribution in [3.63, 3.8) is 0 Å². The third-order valence-corrected chi connectivity index (χ3v) is 5.67. The van der Waals surface area contributed by atoms with Gasteiger partial charge in [0.2, 0.25) is 0 Å². The molecule has 0 amide bonds. The summed E-state index contributed by atoms with van der Waals surface area (Å²) >= 11 is 0. The van der Waals surface area contributed by atoms with E-state index in [1.54, 1.807) is 0 Å². The Bertz CT molecular complexity index is 542. The van der Waals surface area contributed by atoms with Crippen LogP contribution in [-0.4, -0.2) is 51.0 Å². The molecule has 0 heterocycles. The van der Waals surface area contributed by atoms with Gasteiger partial charge in [0.05, 0.1) is 0 Å². The Hall–Kier alpha value is -0.340. The maximum atomic E-state index is 5.69. The first-order chi connectivity index (χ1) is 15.4. The van der Waals surface area contributed by atoms with Gasteiger partial charge in [-0.15, -0.1) is 0 Å². The maximum Gasteiger partial charge on any atom is 2.00 e. The van der Waals surface area contributed by atoms with E-state index >= 15 is 0 Å². The molecule has 32 heavy (non-hydrogen) atoms. The Kier molecular flexibility index (Phi) is 25.0. The smallest absolute Gasteiger partial charge is 1.00 e. The van der Waals surface area contributed by atoms with Crippen LogP contribution in [0.2, 0.25) is 0 Å². The molecule has 0 spiro atoms. The van der Waals surface area contributed by atoms with Gasteiger partial charge in [0, 0.05) is 13.2 Å². The molecule has 2 heteroatoms. The van der Waals surface area contributed by atoms with Crippen LogP contribution in [0.3, 0.4) is 0 Å². The minimum Gasteiger partial charge on any atom is -1.00 e. The van der Waals surface area contributed by atoms with E-state index in [0.29, 0.717) is 0 Å². The van der Waals surface area contributed by atoms with Crippen molar-refractivity contribution in [2.45, 2.75) is 104 Å². The van der Waals surface area contributed by atoms with E-state index in [1.165, 1.54) is 101 Å². The van der Waals surface area contributed by atoms with Gasteiger partial charge in [0.1, 0.15) is 0 Å². The van der Waals surface area contributed by atoms with Gasteiger partial charge in [-0.3, -0.25) is 0 Å². The van der Waals surface area contributed by atoms with Crippen LogP contribution in [0.25, 0.3) is 11.1 Å². The van der Waals surface area contributed by atoms with Crippen LogP contribution >= 0.6 is 0 Å². The van der Waals surface area contributed by atoms with E-state index in [2.05, 4.69) is 62.4 Å². The van der Waals surface area contributed by atoms with Crippen LogP contribution in [0.5, 0.6) is 0 Å². The van der Waals surface area contributed by atoms with Crippen LogP contribution in [0, 0.1) is 0 Å². The average Bonchev–Trinajstić information content (AvgIpc) is 2.83. The van der Waals surface area contributed by atoms with Crippen molar-refractivity contribution in [3.05, 3.63) is 60.7 Å². The summed E-state index contributed by atoms with van der Waals surface area (Å²) in [4.78, 5) is 0. The molecule has 0 aromatic heterocycles. The zero-order valence-corrected chi connectivity index (χ0v) is 23.4. The number of rotatable bonds is 17. The third-order valence-electron chi connectivity index (χ3n) is 5.67. The predicted molar refractivity (Wildman–Crippen MR) is 147 cm³/mol. The molecule has 0 aliphatic rings. The fourth-order valence-electron chi connectivity index (χ4n) is 3.69. The monoisotopic (exact) mass is 466 g/mol. The van der Waals surface area contributed by atoms with E-state index in [-0.39, 0.29) is 40.6 Å². The van der Waals surface area contributed by atoms with Gasteiger partial charge in [-0.2, -0.15) is 0 Å². The summed E-state index contributed by atoms with van der Waals surface area (Å²) in [5, 5.41) is 0. The molecule has 0 bridgehead atoms. The summed E-state index contributed by atoms with van der Waals surface area (Å²) in [5.74, 6) is 0. The Morgan fingerprint density at radius 2 is 0.781 bits per heavy atom. The summed E-state index contributed by atoms with van der Waals surface area (Å²) in [5.41, 5.74) is 2.55. The van der Waals surface area contributed by atoms with E-state index in [4.69, 9.17) is 4.74 Å². The van der Waals surface area contributed by atoms with Crippen molar-refractivity contribution in [2.24, 2.45) is 0 Å². The number of ether oxygens (including phenoxy) is 1. The second-order valence-electron chi connectivity index (χ2n) is 8.59. The van der Waals surface area contributed by atoms with Gasteiger partial charge >= 0.3 is 37.7 Å². The van der Waals surface area contributed by atoms with Gasteiger partial charge in [-0.25, -0.2) is 0 Å². The van der Waals surface area contributed by atoms with Gasteiger partial charge in [0.15, 0.2) is 0 Å². The minimum absolute atomic E-state index is 0. The normalized spacial score (nSPS) is 10.2. The molecule has 0 aliphatic heterocycles. The van der Waals surface area contributed by atoms with Crippen molar-refractivity contribution < 1.29 is 7.59 Å². The first kappa shape index (κ1) is 31.7. The van der Waals surface area contributed by atoms with E-state index in [9.17, 15) is 0 Å². The van der Waals surface area contributed by atoms with Gasteiger partial charge in [0.25, 0.3) is 0 Å². The first-order valence-corrected chi connectivity index (χ1v) is 13.1. The fraction of sp³-hybridized carbons (Fsp3) is 0.600. The van der Waals surface area contributed by atoms with E-state index in [0.717, 1.165) is 13.2 Å². The number of hydrogen-bond acceptors (Lipinski definition) is 1. The molecule has 2 aromatic rings. The topological polar surface area (TPSA) is 9.23 Å². The van der Waals surface area contributed by atoms with Crippen LogP contribution in [0.4, 0.5) is 0 Å². The summed E-state index contributed by atoms with van der Waals surface area (Å²) in [6, 6.07) is 20.8. The van der Waals surface area contributed by atoms with Gasteiger partial charge in [-0.05, 0) is 24.0 Å². The minimum atomic E-state index is 0. The third kappa shape index (κ3) is 19.2. The van der Waals surface area contributed by atoms with Gasteiger partial charge in [-0.1, -0.05) is 152 Å². The molecule has 0 N–H and O–H groups in total. The van der Waals surface area contributed by atoms with Crippen LogP contribution in [-0.2, 0) is 4.74 Å². The average molecular weight is 467 g/mol. The van der Waals surface area contributed by atoms with Crippen molar-refractivity contribution >= 4 is 37.7 Å². The summed E-state index contributed by atoms with van der Waals surface area (Å²) in [7, 11) is 0. The summed E-state index contributed by atoms with van der Waals surface area (Å²) < 4.78 is 5.69. The quantitative estimate of drug-likeness (QED) is 0.166. The standard InChI is InChI=1S/C18H38O.C12H10.Ca.2H/c1-3-5-7-9-11-13-15-17-19-18-16-14-12-10-8-6-4-2;1-3-7-11(8-4-1)12-9-5-2-6-10-12;;;/h3-18H2,1-2H3;1-10H;;;/q;;+2;2*-1. The van der Waals surface area contributed by atoms with Crippen LogP contribution in [0.1, 0.15) is 107 Å². The van der Waals surface area contributed by atoms with Crippen molar-refractivity contribution in [3.8, 4) is 11.1 Å². The summed E-state index contributed by atoms with van der Waals surface area (Å²) in [6.07, 6.45) is 19.3. The van der Waals surface area contributed by atoms with E-state index in [1.807, 2.05) is 12.1 Å². The molecule has 0 saturated heterocycles. The van der Waals surface area contributed by atoms with Crippen LogP contribution in [0.15, 0.2) is 60.7 Å². The largest absolute Gasteiger partial charge is 2.00 e. The molecule has 0 unspecified atom stereocenters. The molecule has 2 rings (SSSR count). The summed E-state index contributed by atoms with van der Waals surface area (Å²) in [6.45, 7) is 6.53. The Morgan fingerprint density at radius 3 is 1.12 bits per heavy atom. The molecule has 2 aromatic carbocycles. The van der Waals surface area contributed by atoms with Crippen molar-refractivity contribution in [1.82, 2.24) is 0 Å². The number of hydrogen-bond donors (Lipinski definition) is 0. The molecule has 0 saturated carbocycles. The molecule has 178 valence electrons. The molecule has 0 aliphatic carbocycles. The predicted octanol–water partition coefficient (Wildman–Crippen LogP) is 9.70. The zero-order chi connectivity index (χ0) is 22.2. The second-order valence-corrected chi connectivity index (χ2v) is 8.59. The van der Waals surface area contributed by atoms with Crippen LogP contribution < -0.4 is 0 Å². The molecule has 0 radical (unpaired) electrons. The Balaban J connectivity index is -0.000000555. The maximum absolute atomic E-state index is 5.69. The molecule has 1 nitrogen and oxygen atoms in total. The Morgan fingerprint density at radius 1 is 0.469 bits per heavy atom. The SMILES string of the molecule is CCCCCCCCCOCCCCCCCCC.[Ca+2].[H-].[H-].c1ccc(-c2ccccc2)cc1. The zero-order valence-electron chi connectivity index (χ0n) is 23.2. The number of unbranched alkanes of at least 4 members (excludes halogenated alkanes) is 12. The Labute approximate surface area is 232 Å². The fourth-order valence-corrected chi connectivity index (χ4v) is 3.69. The number of benzene rings is 2. The van der Waals surface area contributed by atoms with Crippen molar-refractivity contribution in [2.75, 3.05) is 13.2 Å². The van der Waals surface area contributed by atoms with Crippen molar-refractivity contribution in [1.29, 1.82) is 0 Å². The molecular weight excluding hydrogens is 416 g/mol. The second kappa shape index (κ2) is 25.3. The van der Waals surface area contributed by atoms with Gasteiger partial charge < -0.3 is 7.59 Å². The molecule has 0 fully saturated rings. The van der Waals surface area contributed by atoms with E-state index < -0.39 is 0 Å².